The quantitative estimate of drug-likeness (QED) is 0.0636. The molecule has 0 N–H and O–H groups in total. The summed E-state index contributed by atoms with van der Waals surface area (Å²) in [7, 11) is 0. The van der Waals surface area contributed by atoms with E-state index in [0.29, 0.717) is 53.1 Å². The minimum atomic E-state index is -0.705. The molecule has 55 heavy (non-hydrogen) atoms. The van der Waals surface area contributed by atoms with Gasteiger partial charge in [-0.3, -0.25) is 9.98 Å². The van der Waals surface area contributed by atoms with Crippen molar-refractivity contribution in [3.8, 4) is 34.5 Å². The molecule has 0 bridgehead atoms. The summed E-state index contributed by atoms with van der Waals surface area (Å²) in [5.74, 6) is 1.36. The van der Waals surface area contributed by atoms with E-state index in [4.69, 9.17) is 19.5 Å². The van der Waals surface area contributed by atoms with Crippen LogP contribution in [0.1, 0.15) is 128 Å². The van der Waals surface area contributed by atoms with Gasteiger partial charge >= 0.3 is 16.5 Å². The molecular formula is C42H44Br6N2NiO4. The molecule has 0 aliphatic carbocycles. The van der Waals surface area contributed by atoms with Crippen molar-refractivity contribution in [2.24, 2.45) is 9.98 Å². The third-order valence-corrected chi connectivity index (χ3v) is 15.1. The number of ether oxygens (including phenoxy) is 2. The summed E-state index contributed by atoms with van der Waals surface area (Å²) in [5, 5.41) is 23.8. The van der Waals surface area contributed by atoms with Gasteiger partial charge in [-0.1, -0.05) is 117 Å². The fourth-order valence-electron chi connectivity index (χ4n) is 5.97. The molecule has 13 heteroatoms. The molecule has 4 aromatic carbocycles. The Kier molecular flexibility index (Phi) is 18.1. The normalized spacial score (nSPS) is 12.6. The Morgan fingerprint density at radius 1 is 0.545 bits per heavy atom. The molecule has 1 aliphatic heterocycles. The van der Waals surface area contributed by atoms with Crippen molar-refractivity contribution in [1.82, 2.24) is 0 Å². The van der Waals surface area contributed by atoms with E-state index in [-0.39, 0.29) is 36.9 Å². The van der Waals surface area contributed by atoms with Gasteiger partial charge < -0.3 is 19.7 Å². The number of aliphatic imine (C=N–C) groups is 2. The fourth-order valence-corrected chi connectivity index (χ4v) is 9.06. The molecule has 0 spiro atoms. The molecule has 0 unspecified atom stereocenters. The number of hydrogen-bond donors (Lipinski definition) is 0. The summed E-state index contributed by atoms with van der Waals surface area (Å²) in [6.07, 6.45) is 1.98. The third kappa shape index (κ3) is 10.5. The first kappa shape index (κ1) is 48.2. The summed E-state index contributed by atoms with van der Waals surface area (Å²) >= 11 is 19.8. The van der Waals surface area contributed by atoms with E-state index in [2.05, 4.69) is 201 Å². The van der Waals surface area contributed by atoms with E-state index in [1.54, 1.807) is 0 Å². The van der Waals surface area contributed by atoms with Gasteiger partial charge in [0.25, 0.3) is 0 Å². The number of hydrogen-bond acceptors (Lipinski definition) is 6. The Bertz CT molecular complexity index is 1930. The summed E-state index contributed by atoms with van der Waals surface area (Å²) in [6, 6.07) is 13.3. The van der Waals surface area contributed by atoms with Crippen LogP contribution in [0.2, 0.25) is 0 Å². The third-order valence-electron chi connectivity index (χ3n) is 8.92. The van der Waals surface area contributed by atoms with Crippen molar-refractivity contribution in [2.75, 3.05) is 0 Å². The number of halogens is 6. The van der Waals surface area contributed by atoms with E-state index >= 15 is 0 Å². The monoisotopic (exact) mass is 1170 g/mol. The maximum absolute atomic E-state index is 11.9. The van der Waals surface area contributed by atoms with Gasteiger partial charge in [0.05, 0.1) is 49.6 Å². The second kappa shape index (κ2) is 20.7. The first-order valence-corrected chi connectivity index (χ1v) is 22.6. The number of fused-ring (bicyclic) bond motifs is 2. The first-order chi connectivity index (χ1) is 25.3. The van der Waals surface area contributed by atoms with Gasteiger partial charge in [0.1, 0.15) is 0 Å². The standard InChI is InChI=1S/C30H44N2.C12H2Br6O4.Ni/c1-11-14-28(32-30-26(21(6)7)17-13-18-27(30)22(8)9)23(10)31-29-24(19(2)3)15-12-16-25(29)20(4)5;13-1-2(14)4(16)10-9(3(1)15)21-11-5(17)7(19)8(20)6(18)12(11)22-10;/h12-13,15-22H,11,14H2,1-10H3;19-20H;/q;;+2/p-2. The number of benzene rings is 4. The molecule has 0 aromatic heterocycles. The van der Waals surface area contributed by atoms with Gasteiger partial charge in [-0.15, -0.1) is 0 Å². The number of rotatable bonds is 9. The minimum absolute atomic E-state index is 0. The van der Waals surface area contributed by atoms with E-state index in [0.717, 1.165) is 35.6 Å². The molecule has 0 fully saturated rings. The molecule has 0 atom stereocenters. The van der Waals surface area contributed by atoms with E-state index in [1.807, 2.05) is 0 Å². The van der Waals surface area contributed by atoms with Crippen LogP contribution in [-0.4, -0.2) is 11.4 Å². The van der Waals surface area contributed by atoms with Crippen LogP contribution in [0.25, 0.3) is 0 Å². The molecule has 1 aliphatic rings. The minimum Gasteiger partial charge on any atom is -0.872 e. The van der Waals surface area contributed by atoms with Crippen molar-refractivity contribution in [1.29, 1.82) is 0 Å². The van der Waals surface area contributed by atoms with Crippen LogP contribution in [0, 0.1) is 0 Å². The molecule has 0 saturated heterocycles. The Labute approximate surface area is 386 Å². The molecule has 1 heterocycles. The van der Waals surface area contributed by atoms with Gasteiger partial charge in [-0.05, 0) is 155 Å². The predicted octanol–water partition coefficient (Wildman–Crippen LogP) is 16.1. The van der Waals surface area contributed by atoms with Crippen LogP contribution in [0.4, 0.5) is 11.4 Å². The topological polar surface area (TPSA) is 89.3 Å². The summed E-state index contributed by atoms with van der Waals surface area (Å²) in [4.78, 5) is 10.6. The molecule has 0 saturated carbocycles. The number of nitrogens with zero attached hydrogens (tertiary/aromatic N) is 2. The molecular weight excluding hydrogens is 1130 g/mol. The second-order valence-electron chi connectivity index (χ2n) is 14.3. The van der Waals surface area contributed by atoms with Crippen LogP contribution >= 0.6 is 95.6 Å². The largest absolute Gasteiger partial charge is 2.00 e. The molecule has 6 nitrogen and oxygen atoms in total. The summed E-state index contributed by atoms with van der Waals surface area (Å²) in [6.45, 7) is 22.4. The van der Waals surface area contributed by atoms with Crippen molar-refractivity contribution in [2.45, 2.75) is 106 Å². The smallest absolute Gasteiger partial charge is 0.872 e. The van der Waals surface area contributed by atoms with Gasteiger partial charge in [0.15, 0.2) is 23.0 Å². The van der Waals surface area contributed by atoms with E-state index < -0.39 is 11.5 Å². The average Bonchev–Trinajstić information content (AvgIpc) is 3.13. The Balaban J connectivity index is 0.000000308. The van der Waals surface area contributed by atoms with Crippen LogP contribution in [0.15, 0.2) is 73.2 Å². The average molecular weight is 1180 g/mol. The van der Waals surface area contributed by atoms with Gasteiger partial charge in [0, 0.05) is 0 Å². The van der Waals surface area contributed by atoms with Crippen molar-refractivity contribution in [3.63, 3.8) is 0 Å². The summed E-state index contributed by atoms with van der Waals surface area (Å²) < 4.78 is 14.3. The fraction of sp³-hybridized carbons (Fsp3) is 0.381. The molecule has 0 radical (unpaired) electrons. The van der Waals surface area contributed by atoms with Crippen molar-refractivity contribution >= 4 is 118 Å². The van der Waals surface area contributed by atoms with Crippen LogP contribution in [0.5, 0.6) is 34.5 Å². The summed E-state index contributed by atoms with van der Waals surface area (Å²) in [5.41, 5.74) is 9.71. The maximum Gasteiger partial charge on any atom is 2.00 e. The molecule has 298 valence electrons. The van der Waals surface area contributed by atoms with Gasteiger partial charge in [0.2, 0.25) is 0 Å². The Morgan fingerprint density at radius 2 is 0.855 bits per heavy atom. The van der Waals surface area contributed by atoms with E-state index in [9.17, 15) is 10.2 Å². The van der Waals surface area contributed by atoms with Crippen LogP contribution in [0.3, 0.4) is 0 Å². The zero-order valence-corrected chi connectivity index (χ0v) is 42.8. The van der Waals surface area contributed by atoms with Gasteiger partial charge in [-0.2, -0.15) is 0 Å². The first-order valence-electron chi connectivity index (χ1n) is 17.8. The Hall–Kier alpha value is -1.21. The zero-order valence-electron chi connectivity index (χ0n) is 32.3. The SMILES string of the molecule is CCCC(=Nc1c(C(C)C)cccc1C(C)C)C(C)=Nc1c(C(C)C)cccc1C(C)C.[Ni+2].[O-]c1c([O-])c(Br)c2c(c1Br)Oc1c(Br)c(Br)c(Br)c(Br)c1O2. The molecule has 4 aromatic rings. The number of para-hydroxylation sites is 2. The van der Waals surface area contributed by atoms with Crippen molar-refractivity contribution < 1.29 is 36.2 Å². The molecule has 0 amide bonds. The molecule has 5 rings (SSSR count). The van der Waals surface area contributed by atoms with Crippen LogP contribution in [-0.2, 0) is 16.5 Å². The van der Waals surface area contributed by atoms with Gasteiger partial charge in [-0.25, -0.2) is 0 Å². The second-order valence-corrected chi connectivity index (χ2v) is 19.0. The zero-order chi connectivity index (χ0) is 40.3. The predicted molar refractivity (Wildman–Crippen MR) is 242 cm³/mol. The van der Waals surface area contributed by atoms with Crippen molar-refractivity contribution in [3.05, 3.63) is 85.5 Å². The maximum atomic E-state index is 11.9. The van der Waals surface area contributed by atoms with E-state index in [1.165, 1.54) is 22.3 Å². The Morgan fingerprint density at radius 3 is 1.16 bits per heavy atom. The van der Waals surface area contributed by atoms with Crippen LogP contribution < -0.4 is 19.7 Å².